The Morgan fingerprint density at radius 3 is 2.65 bits per heavy atom. The number of carbonyl (C=O) groups is 1. The predicted molar refractivity (Wildman–Crippen MR) is 104 cm³/mol. The van der Waals surface area contributed by atoms with Crippen LogP contribution in [0.15, 0.2) is 24.3 Å². The minimum atomic E-state index is -0.466. The van der Waals surface area contributed by atoms with Crippen molar-refractivity contribution in [1.82, 2.24) is 15.8 Å². The van der Waals surface area contributed by atoms with E-state index in [0.29, 0.717) is 25.1 Å². The molecule has 0 aromatic heterocycles. The van der Waals surface area contributed by atoms with E-state index >= 15 is 0 Å². The molecule has 3 rings (SSSR count). The summed E-state index contributed by atoms with van der Waals surface area (Å²) in [6, 6.07) is 8.81. The zero-order valence-electron chi connectivity index (χ0n) is 15.8. The van der Waals surface area contributed by atoms with E-state index in [9.17, 15) is 4.79 Å². The first-order valence-electron chi connectivity index (χ1n) is 9.66. The summed E-state index contributed by atoms with van der Waals surface area (Å²) in [5.74, 6) is -0.0751. The van der Waals surface area contributed by atoms with Gasteiger partial charge in [0.1, 0.15) is 0 Å². The minimum Gasteiger partial charge on any atom is -0.466 e. The van der Waals surface area contributed by atoms with Crippen LogP contribution in [0.4, 0.5) is 0 Å². The van der Waals surface area contributed by atoms with Crippen molar-refractivity contribution in [3.8, 4) is 0 Å². The molecule has 2 fully saturated rings. The second-order valence-electron chi connectivity index (χ2n) is 7.69. The number of nitrogens with zero attached hydrogens (tertiary/aromatic N) is 1. The summed E-state index contributed by atoms with van der Waals surface area (Å²) < 4.78 is 5.46. The Morgan fingerprint density at radius 1 is 1.31 bits per heavy atom. The fourth-order valence-electron chi connectivity index (χ4n) is 4.14. The lowest BCUT2D eigenvalue weighted by Gasteiger charge is -2.40. The summed E-state index contributed by atoms with van der Waals surface area (Å²) >= 11 is 6.37. The minimum absolute atomic E-state index is 0.0751. The number of likely N-dealkylation sites (tertiary alicyclic amines) is 1. The molecule has 2 saturated heterocycles. The van der Waals surface area contributed by atoms with Crippen LogP contribution in [-0.2, 0) is 16.0 Å². The Morgan fingerprint density at radius 2 is 2.04 bits per heavy atom. The molecule has 0 saturated carbocycles. The molecule has 2 aliphatic heterocycles. The van der Waals surface area contributed by atoms with E-state index in [4.69, 9.17) is 16.3 Å². The molecule has 2 atom stereocenters. The highest BCUT2D eigenvalue weighted by molar-refractivity contribution is 6.31. The van der Waals surface area contributed by atoms with Crippen molar-refractivity contribution in [2.45, 2.75) is 51.6 Å². The maximum Gasteiger partial charge on any atom is 0.312 e. The largest absolute Gasteiger partial charge is 0.466 e. The van der Waals surface area contributed by atoms with Gasteiger partial charge >= 0.3 is 5.97 Å². The number of hydrazine groups is 1. The molecule has 1 aromatic carbocycles. The molecule has 2 aliphatic rings. The number of ether oxygens (including phenoxy) is 1. The lowest BCUT2D eigenvalue weighted by Crippen LogP contribution is -2.49. The second-order valence-corrected chi connectivity index (χ2v) is 8.10. The van der Waals surface area contributed by atoms with E-state index < -0.39 is 5.41 Å². The maximum atomic E-state index is 12.8. The first-order chi connectivity index (χ1) is 12.5. The first kappa shape index (κ1) is 19.6. The Labute approximate surface area is 161 Å². The van der Waals surface area contributed by atoms with Gasteiger partial charge in [0.15, 0.2) is 0 Å². The van der Waals surface area contributed by atoms with Crippen molar-refractivity contribution >= 4 is 17.6 Å². The molecule has 144 valence electrons. The molecule has 0 aliphatic carbocycles. The smallest absolute Gasteiger partial charge is 0.312 e. The summed E-state index contributed by atoms with van der Waals surface area (Å²) in [5, 5.41) is 0.730. The Hall–Kier alpha value is -1.14. The van der Waals surface area contributed by atoms with Crippen molar-refractivity contribution < 1.29 is 9.53 Å². The predicted octanol–water partition coefficient (Wildman–Crippen LogP) is 2.78. The third-order valence-electron chi connectivity index (χ3n) is 5.66. The van der Waals surface area contributed by atoms with E-state index in [-0.39, 0.29) is 5.97 Å². The van der Waals surface area contributed by atoms with Crippen LogP contribution < -0.4 is 10.9 Å². The van der Waals surface area contributed by atoms with Crippen molar-refractivity contribution in [2.24, 2.45) is 5.41 Å². The number of piperidine rings is 1. The van der Waals surface area contributed by atoms with Gasteiger partial charge in [-0.2, -0.15) is 0 Å². The monoisotopic (exact) mass is 379 g/mol. The number of hydrogen-bond acceptors (Lipinski definition) is 5. The highest BCUT2D eigenvalue weighted by Gasteiger charge is 2.43. The van der Waals surface area contributed by atoms with E-state index in [2.05, 4.69) is 22.7 Å². The van der Waals surface area contributed by atoms with Gasteiger partial charge in [0, 0.05) is 23.7 Å². The van der Waals surface area contributed by atoms with E-state index in [0.717, 1.165) is 49.5 Å². The van der Waals surface area contributed by atoms with Gasteiger partial charge in [-0.05, 0) is 64.3 Å². The van der Waals surface area contributed by atoms with Gasteiger partial charge in [0.05, 0.1) is 12.0 Å². The molecule has 5 nitrogen and oxygen atoms in total. The van der Waals surface area contributed by atoms with Crippen LogP contribution in [0, 0.1) is 5.41 Å². The van der Waals surface area contributed by atoms with Crippen molar-refractivity contribution in [1.29, 1.82) is 0 Å². The van der Waals surface area contributed by atoms with Crippen molar-refractivity contribution in [3.63, 3.8) is 0 Å². The zero-order chi connectivity index (χ0) is 18.6. The van der Waals surface area contributed by atoms with Gasteiger partial charge in [0.25, 0.3) is 0 Å². The second kappa shape index (κ2) is 8.70. The summed E-state index contributed by atoms with van der Waals surface area (Å²) in [6.45, 7) is 7.32. The number of benzene rings is 1. The van der Waals surface area contributed by atoms with Crippen LogP contribution in [0.5, 0.6) is 0 Å². The molecule has 6 heteroatoms. The number of halogens is 1. The van der Waals surface area contributed by atoms with Gasteiger partial charge in [-0.25, -0.2) is 0 Å². The van der Waals surface area contributed by atoms with Crippen molar-refractivity contribution in [3.05, 3.63) is 34.9 Å². The van der Waals surface area contributed by atoms with Crippen LogP contribution in [-0.4, -0.2) is 49.2 Å². The van der Waals surface area contributed by atoms with Crippen LogP contribution in [0.2, 0.25) is 5.02 Å². The molecule has 0 bridgehead atoms. The van der Waals surface area contributed by atoms with Gasteiger partial charge in [-0.15, -0.1) is 0 Å². The van der Waals surface area contributed by atoms with Gasteiger partial charge in [-0.1, -0.05) is 29.8 Å². The summed E-state index contributed by atoms with van der Waals surface area (Å²) in [7, 11) is 0. The van der Waals surface area contributed by atoms with Gasteiger partial charge < -0.3 is 9.64 Å². The molecule has 2 heterocycles. The third-order valence-corrected chi connectivity index (χ3v) is 6.03. The molecule has 26 heavy (non-hydrogen) atoms. The lowest BCUT2D eigenvalue weighted by molar-refractivity contribution is -0.158. The van der Waals surface area contributed by atoms with E-state index in [1.54, 1.807) is 0 Å². The summed E-state index contributed by atoms with van der Waals surface area (Å²) in [6.07, 6.45) is 3.41. The number of carbonyl (C=O) groups excluding carboxylic acids is 1. The highest BCUT2D eigenvalue weighted by Crippen LogP contribution is 2.38. The molecule has 0 spiro atoms. The highest BCUT2D eigenvalue weighted by atomic mass is 35.5. The molecular weight excluding hydrogens is 350 g/mol. The Balaban J connectivity index is 1.66. The lowest BCUT2D eigenvalue weighted by atomic mass is 9.73. The summed E-state index contributed by atoms with van der Waals surface area (Å²) in [4.78, 5) is 15.3. The zero-order valence-corrected chi connectivity index (χ0v) is 16.5. The Kier molecular flexibility index (Phi) is 6.56. The quantitative estimate of drug-likeness (QED) is 0.744. The molecular formula is C20H30ClN3O2. The average Bonchev–Trinajstić information content (AvgIpc) is 3.04. The maximum absolute atomic E-state index is 12.8. The topological polar surface area (TPSA) is 53.6 Å². The number of hydrogen-bond donors (Lipinski definition) is 2. The van der Waals surface area contributed by atoms with Gasteiger partial charge in [-0.3, -0.25) is 15.6 Å². The number of esters is 1. The van der Waals surface area contributed by atoms with Gasteiger partial charge in [0.2, 0.25) is 0 Å². The molecule has 2 unspecified atom stereocenters. The fraction of sp³-hybridized carbons (Fsp3) is 0.650. The van der Waals surface area contributed by atoms with Crippen LogP contribution in [0.1, 0.15) is 38.7 Å². The molecule has 0 amide bonds. The first-order valence-corrected chi connectivity index (χ1v) is 10.0. The summed E-state index contributed by atoms with van der Waals surface area (Å²) in [5.41, 5.74) is 7.22. The standard InChI is InChI=1S/C20H30ClN3O2/c1-3-26-19(25)20(13-16-6-4-5-7-18(16)21)8-10-24(11-9-20)14-17-12-15(2)22-23-17/h4-7,15,17,22-23H,3,8-14H2,1-2H3. The van der Waals surface area contributed by atoms with E-state index in [1.165, 1.54) is 0 Å². The van der Waals surface area contributed by atoms with Crippen LogP contribution >= 0.6 is 11.6 Å². The molecule has 2 N–H and O–H groups in total. The number of nitrogens with one attached hydrogen (secondary N) is 2. The SMILES string of the molecule is CCOC(=O)C1(Cc2ccccc2Cl)CCN(CC2CC(C)NN2)CC1. The molecule has 1 aromatic rings. The van der Waals surface area contributed by atoms with Crippen LogP contribution in [0.25, 0.3) is 0 Å². The fourth-order valence-corrected chi connectivity index (χ4v) is 4.35. The third kappa shape index (κ3) is 4.58. The molecule has 0 radical (unpaired) electrons. The normalized spacial score (nSPS) is 26.0. The van der Waals surface area contributed by atoms with Crippen LogP contribution in [0.3, 0.4) is 0 Å². The van der Waals surface area contributed by atoms with E-state index in [1.807, 2.05) is 31.2 Å². The van der Waals surface area contributed by atoms with Crippen molar-refractivity contribution in [2.75, 3.05) is 26.2 Å². The number of rotatable bonds is 6. The average molecular weight is 380 g/mol. The Bertz CT molecular complexity index is 617.